The van der Waals surface area contributed by atoms with Crippen molar-refractivity contribution in [2.45, 2.75) is 64.7 Å². The van der Waals surface area contributed by atoms with Crippen LogP contribution in [0, 0.1) is 10.6 Å². The molecular formula is C19H31FN4O2S. The molecule has 0 aliphatic carbocycles. The van der Waals surface area contributed by atoms with Crippen LogP contribution in [0.2, 0.25) is 0 Å². The number of nitrogens with zero attached hydrogens (tertiary/aromatic N) is 1. The van der Waals surface area contributed by atoms with Gasteiger partial charge in [-0.2, -0.15) is 0 Å². The highest BCUT2D eigenvalue weighted by Gasteiger charge is 2.37. The number of nitrogens with one attached hydrogen (secondary N) is 3. The van der Waals surface area contributed by atoms with Crippen LogP contribution in [0.25, 0.3) is 0 Å². The minimum absolute atomic E-state index is 0.0000826. The molecule has 0 spiro atoms. The summed E-state index contributed by atoms with van der Waals surface area (Å²) in [7, 11) is -3.26. The lowest BCUT2D eigenvalue weighted by atomic mass is 9.92. The van der Waals surface area contributed by atoms with E-state index in [9.17, 15) is 13.4 Å². The van der Waals surface area contributed by atoms with Gasteiger partial charge in [0.15, 0.2) is 0 Å². The molecule has 1 aliphatic heterocycles. The van der Waals surface area contributed by atoms with Gasteiger partial charge in [-0.15, -0.1) is 0 Å². The number of rotatable bonds is 6. The number of urea groups is 1. The van der Waals surface area contributed by atoms with Crippen LogP contribution < -0.4 is 10.0 Å². The van der Waals surface area contributed by atoms with E-state index in [1.54, 1.807) is 0 Å². The molecule has 2 rings (SSSR count). The third-order valence-electron chi connectivity index (χ3n) is 4.97. The second kappa shape index (κ2) is 8.14. The number of hydrogen-bond acceptors (Lipinski definition) is 4. The Morgan fingerprint density at radius 1 is 1.15 bits per heavy atom. The molecule has 8 heteroatoms. The van der Waals surface area contributed by atoms with E-state index in [1.807, 2.05) is 41.5 Å². The molecule has 1 unspecified atom stereocenters. The van der Waals surface area contributed by atoms with Gasteiger partial charge in [0.1, 0.15) is 15.7 Å². The molecule has 6 nitrogen and oxygen atoms in total. The molecule has 2 amide bonds. The average Bonchev–Trinajstić information content (AvgIpc) is 2.44. The van der Waals surface area contributed by atoms with Crippen molar-refractivity contribution in [3.63, 3.8) is 0 Å². The van der Waals surface area contributed by atoms with E-state index in [2.05, 4.69) is 14.9 Å². The lowest BCUT2D eigenvalue weighted by Gasteiger charge is -2.42. The Balaban J connectivity index is 2.18. The van der Waals surface area contributed by atoms with E-state index in [0.29, 0.717) is 35.9 Å². The van der Waals surface area contributed by atoms with E-state index in [4.69, 9.17) is 4.78 Å². The smallest absolute Gasteiger partial charge is 0.307 e. The Morgan fingerprint density at radius 3 is 2.04 bits per heavy atom. The van der Waals surface area contributed by atoms with E-state index >= 15 is 0 Å². The summed E-state index contributed by atoms with van der Waals surface area (Å²) in [5.74, 6) is -0.346. The molecule has 1 aliphatic rings. The lowest BCUT2D eigenvalue weighted by Crippen LogP contribution is -2.59. The van der Waals surface area contributed by atoms with E-state index in [0.717, 1.165) is 0 Å². The molecule has 1 saturated heterocycles. The SMILES string of the molecule is CC(C)c1cc(F)cc(C(C)C)c1NC(=O)NS(=N)(=O)C1CN(C(C)C)C1. The number of carbonyl (C=O) groups is 1. The molecule has 1 fully saturated rings. The molecule has 0 saturated carbocycles. The fourth-order valence-corrected chi connectivity index (χ4v) is 4.46. The second-order valence-electron chi connectivity index (χ2n) is 8.10. The Hall–Kier alpha value is -1.67. The summed E-state index contributed by atoms with van der Waals surface area (Å²) in [5.41, 5.74) is 1.89. The van der Waals surface area contributed by atoms with Gasteiger partial charge in [-0.3, -0.25) is 9.62 Å². The predicted octanol–water partition coefficient (Wildman–Crippen LogP) is 4.25. The zero-order valence-corrected chi connectivity index (χ0v) is 17.7. The van der Waals surface area contributed by atoms with Crippen LogP contribution in [0.15, 0.2) is 12.1 Å². The van der Waals surface area contributed by atoms with Crippen LogP contribution >= 0.6 is 0 Å². The lowest BCUT2D eigenvalue weighted by molar-refractivity contribution is 0.143. The van der Waals surface area contributed by atoms with Crippen molar-refractivity contribution in [1.82, 2.24) is 9.62 Å². The molecule has 3 N–H and O–H groups in total. The fourth-order valence-electron chi connectivity index (χ4n) is 3.17. The topological polar surface area (TPSA) is 85.3 Å². The summed E-state index contributed by atoms with van der Waals surface area (Å²) in [6, 6.07) is 2.47. The predicted molar refractivity (Wildman–Crippen MR) is 108 cm³/mol. The molecule has 27 heavy (non-hydrogen) atoms. The second-order valence-corrected chi connectivity index (χ2v) is 10.2. The number of benzene rings is 1. The highest BCUT2D eigenvalue weighted by molar-refractivity contribution is 7.91. The van der Waals surface area contributed by atoms with Gasteiger partial charge in [-0.25, -0.2) is 18.2 Å². The van der Waals surface area contributed by atoms with Gasteiger partial charge in [0.25, 0.3) is 0 Å². The van der Waals surface area contributed by atoms with Gasteiger partial charge in [0, 0.05) is 24.8 Å². The van der Waals surface area contributed by atoms with Gasteiger partial charge >= 0.3 is 6.03 Å². The molecule has 1 heterocycles. The number of halogens is 1. The third kappa shape index (κ3) is 4.99. The summed E-state index contributed by atoms with van der Waals surface area (Å²) in [5, 5.41) is 2.35. The first-order valence-electron chi connectivity index (χ1n) is 9.36. The van der Waals surface area contributed by atoms with E-state index in [1.165, 1.54) is 12.1 Å². The molecule has 1 atom stereocenters. The molecule has 0 radical (unpaired) electrons. The number of hydrogen-bond donors (Lipinski definition) is 3. The monoisotopic (exact) mass is 398 g/mol. The molecule has 152 valence electrons. The fraction of sp³-hybridized carbons (Fsp3) is 0.632. The number of likely N-dealkylation sites (tertiary alicyclic amines) is 1. The number of carbonyl (C=O) groups excluding carboxylic acids is 1. The maximum atomic E-state index is 14.0. The van der Waals surface area contributed by atoms with Crippen LogP contribution in [-0.4, -0.2) is 39.5 Å². The third-order valence-corrected chi connectivity index (χ3v) is 6.69. The maximum absolute atomic E-state index is 14.0. The van der Waals surface area contributed by atoms with Crippen molar-refractivity contribution in [2.75, 3.05) is 18.4 Å². The first kappa shape index (κ1) is 21.6. The first-order valence-corrected chi connectivity index (χ1v) is 11.0. The maximum Gasteiger partial charge on any atom is 0.331 e. The molecule has 1 aromatic rings. The van der Waals surface area contributed by atoms with Crippen molar-refractivity contribution in [3.05, 3.63) is 29.1 Å². The highest BCUT2D eigenvalue weighted by atomic mass is 32.2. The minimum atomic E-state index is -3.26. The van der Waals surface area contributed by atoms with Crippen LogP contribution in [0.3, 0.4) is 0 Å². The molecular weight excluding hydrogens is 367 g/mol. The van der Waals surface area contributed by atoms with Gasteiger partial charge < -0.3 is 5.32 Å². The summed E-state index contributed by atoms with van der Waals surface area (Å²) in [6.07, 6.45) is 0. The standard InChI is InChI=1S/C19H31FN4O2S/c1-11(2)16-7-14(20)8-17(12(3)4)18(16)22-19(25)23-27(21,26)15-9-24(10-15)13(5)6/h7-8,11-13,15H,9-10H2,1-6H3,(H3,21,22,23,25,26). The highest BCUT2D eigenvalue weighted by Crippen LogP contribution is 2.33. The van der Waals surface area contributed by atoms with E-state index in [-0.39, 0.29) is 22.9 Å². The van der Waals surface area contributed by atoms with Crippen molar-refractivity contribution in [3.8, 4) is 0 Å². The Bertz CT molecular complexity index is 771. The van der Waals surface area contributed by atoms with Crippen LogP contribution in [-0.2, 0) is 9.92 Å². The van der Waals surface area contributed by atoms with Gasteiger partial charge in [0.2, 0.25) is 0 Å². The van der Waals surface area contributed by atoms with E-state index < -0.39 is 15.9 Å². The van der Waals surface area contributed by atoms with Crippen molar-refractivity contribution < 1.29 is 13.4 Å². The molecule has 0 bridgehead atoms. The Kier molecular flexibility index (Phi) is 6.52. The number of amides is 2. The van der Waals surface area contributed by atoms with Crippen LogP contribution in [0.5, 0.6) is 0 Å². The zero-order valence-electron chi connectivity index (χ0n) is 16.9. The largest absolute Gasteiger partial charge is 0.331 e. The van der Waals surface area contributed by atoms with Crippen molar-refractivity contribution >= 4 is 21.6 Å². The quantitative estimate of drug-likeness (QED) is 0.670. The Labute approximate surface area is 162 Å². The summed E-state index contributed by atoms with van der Waals surface area (Å²) >= 11 is 0. The first-order chi connectivity index (χ1) is 12.4. The summed E-state index contributed by atoms with van der Waals surface area (Å²) in [6.45, 7) is 12.8. The van der Waals surface area contributed by atoms with Gasteiger partial charge in [-0.1, -0.05) is 27.7 Å². The molecule has 1 aromatic carbocycles. The number of anilines is 1. The summed E-state index contributed by atoms with van der Waals surface area (Å²) in [4.78, 5) is 14.6. The average molecular weight is 399 g/mol. The Morgan fingerprint density at radius 2 is 1.63 bits per heavy atom. The minimum Gasteiger partial charge on any atom is -0.307 e. The van der Waals surface area contributed by atoms with Gasteiger partial charge in [-0.05, 0) is 48.9 Å². The van der Waals surface area contributed by atoms with Crippen LogP contribution in [0.4, 0.5) is 14.9 Å². The zero-order chi connectivity index (χ0) is 20.5. The van der Waals surface area contributed by atoms with Crippen molar-refractivity contribution in [2.24, 2.45) is 0 Å². The van der Waals surface area contributed by atoms with Gasteiger partial charge in [0.05, 0.1) is 5.25 Å². The normalized spacial score (nSPS) is 17.9. The van der Waals surface area contributed by atoms with Crippen molar-refractivity contribution in [1.29, 1.82) is 4.78 Å². The molecule has 0 aromatic heterocycles. The summed E-state index contributed by atoms with van der Waals surface area (Å²) < 4.78 is 37.1. The van der Waals surface area contributed by atoms with Crippen LogP contribution in [0.1, 0.15) is 64.5 Å².